The van der Waals surface area contributed by atoms with E-state index in [0.717, 1.165) is 18.2 Å². The van der Waals surface area contributed by atoms with Crippen molar-refractivity contribution < 1.29 is 32.9 Å². The third-order valence-electron chi connectivity index (χ3n) is 4.75. The molecule has 3 aromatic carbocycles. The first-order valence-corrected chi connectivity index (χ1v) is 9.23. The highest BCUT2D eigenvalue weighted by Crippen LogP contribution is 2.36. The summed E-state index contributed by atoms with van der Waals surface area (Å²) in [4.78, 5) is 10.9. The van der Waals surface area contributed by atoms with Crippen LogP contribution in [-0.4, -0.2) is 23.3 Å². The Morgan fingerprint density at radius 2 is 1.71 bits per heavy atom. The van der Waals surface area contributed by atoms with Crippen molar-refractivity contribution in [3.8, 4) is 28.0 Å². The average molecular weight is 428 g/mol. The summed E-state index contributed by atoms with van der Waals surface area (Å²) in [5.74, 6) is -0.568. The molecule has 0 unspecified atom stereocenters. The fraction of sp³-hybridized carbons (Fsp3) is 0.125. The van der Waals surface area contributed by atoms with Gasteiger partial charge in [0.25, 0.3) is 0 Å². The lowest BCUT2D eigenvalue weighted by molar-refractivity contribution is -0.137. The van der Waals surface area contributed by atoms with Crippen molar-refractivity contribution in [3.05, 3.63) is 83.4 Å². The van der Waals surface area contributed by atoms with E-state index < -0.39 is 17.7 Å². The lowest BCUT2D eigenvalue weighted by atomic mass is 9.92. The van der Waals surface area contributed by atoms with Crippen molar-refractivity contribution in [1.29, 1.82) is 0 Å². The van der Waals surface area contributed by atoms with Gasteiger partial charge in [-0.25, -0.2) is 4.79 Å². The summed E-state index contributed by atoms with van der Waals surface area (Å²) in [5, 5.41) is 18.8. The molecule has 0 aliphatic carbocycles. The molecule has 0 fully saturated rings. The Morgan fingerprint density at radius 1 is 1.00 bits per heavy atom. The SMILES string of the molecule is COc1ccc(-c2ccc(-c3cccc(C(F)(F)F)c3)c(CO)c2)c(/C=C/C(=O)O)c1. The molecule has 2 N–H and O–H groups in total. The Hall–Kier alpha value is -3.58. The van der Waals surface area contributed by atoms with Crippen molar-refractivity contribution in [3.63, 3.8) is 0 Å². The quantitative estimate of drug-likeness (QED) is 0.499. The molecule has 4 nitrogen and oxygen atoms in total. The van der Waals surface area contributed by atoms with E-state index in [2.05, 4.69) is 0 Å². The maximum atomic E-state index is 13.1. The van der Waals surface area contributed by atoms with Crippen LogP contribution in [0.15, 0.2) is 66.7 Å². The van der Waals surface area contributed by atoms with Crippen LogP contribution >= 0.6 is 0 Å². The third kappa shape index (κ3) is 5.13. The Labute approximate surface area is 176 Å². The minimum absolute atomic E-state index is 0.339. The number of carboxylic acid groups (broad SMARTS) is 1. The molecular formula is C24H19F3O4. The Kier molecular flexibility index (Phi) is 6.46. The molecule has 0 atom stereocenters. The van der Waals surface area contributed by atoms with E-state index in [9.17, 15) is 23.1 Å². The molecule has 0 saturated carbocycles. The van der Waals surface area contributed by atoms with Crippen LogP contribution in [0.5, 0.6) is 5.75 Å². The number of hydrogen-bond acceptors (Lipinski definition) is 3. The van der Waals surface area contributed by atoms with Crippen molar-refractivity contribution in [2.75, 3.05) is 7.11 Å². The molecule has 0 radical (unpaired) electrons. The molecule has 0 bridgehead atoms. The van der Waals surface area contributed by atoms with E-state index >= 15 is 0 Å². The summed E-state index contributed by atoms with van der Waals surface area (Å²) in [6.07, 6.45) is -2.04. The number of carboxylic acids is 1. The van der Waals surface area contributed by atoms with Crippen LogP contribution in [0.3, 0.4) is 0 Å². The minimum Gasteiger partial charge on any atom is -0.497 e. The lowest BCUT2D eigenvalue weighted by Crippen LogP contribution is -2.04. The standard InChI is InChI=1S/C24H19F3O4/c1-31-20-7-9-21(17(13-20)6-10-23(29)30)16-5-8-22(18(11-16)14-28)15-3-2-4-19(12-15)24(25,26)27/h2-13,28H,14H2,1H3,(H,29,30)/b10-6+. The van der Waals surface area contributed by atoms with Crippen LogP contribution < -0.4 is 4.74 Å². The maximum Gasteiger partial charge on any atom is 0.416 e. The van der Waals surface area contributed by atoms with Crippen molar-refractivity contribution in [2.24, 2.45) is 0 Å². The van der Waals surface area contributed by atoms with Crippen molar-refractivity contribution >= 4 is 12.0 Å². The van der Waals surface area contributed by atoms with Crippen LogP contribution in [-0.2, 0) is 17.6 Å². The summed E-state index contributed by atoms with van der Waals surface area (Å²) in [7, 11) is 1.49. The summed E-state index contributed by atoms with van der Waals surface area (Å²) in [6, 6.07) is 15.1. The molecule has 0 spiro atoms. The van der Waals surface area contributed by atoms with Crippen LogP contribution in [0.4, 0.5) is 13.2 Å². The monoisotopic (exact) mass is 428 g/mol. The fourth-order valence-electron chi connectivity index (χ4n) is 3.27. The molecule has 0 aromatic heterocycles. The zero-order valence-electron chi connectivity index (χ0n) is 16.5. The second-order valence-electron chi connectivity index (χ2n) is 6.73. The zero-order chi connectivity index (χ0) is 22.6. The number of ether oxygens (including phenoxy) is 1. The second-order valence-corrected chi connectivity index (χ2v) is 6.73. The van der Waals surface area contributed by atoms with Crippen LogP contribution in [0.25, 0.3) is 28.3 Å². The highest BCUT2D eigenvalue weighted by molar-refractivity contribution is 5.88. The van der Waals surface area contributed by atoms with Gasteiger partial charge in [0.1, 0.15) is 5.75 Å². The van der Waals surface area contributed by atoms with Gasteiger partial charge in [0.15, 0.2) is 0 Å². The van der Waals surface area contributed by atoms with Gasteiger partial charge in [-0.2, -0.15) is 13.2 Å². The molecule has 0 aliphatic rings. The van der Waals surface area contributed by atoms with Gasteiger partial charge in [-0.05, 0) is 69.8 Å². The Morgan fingerprint density at radius 3 is 2.35 bits per heavy atom. The predicted molar refractivity (Wildman–Crippen MR) is 111 cm³/mol. The van der Waals surface area contributed by atoms with Gasteiger partial charge >= 0.3 is 12.1 Å². The van der Waals surface area contributed by atoms with Gasteiger partial charge < -0.3 is 14.9 Å². The van der Waals surface area contributed by atoms with Gasteiger partial charge in [-0.3, -0.25) is 0 Å². The van der Waals surface area contributed by atoms with Gasteiger partial charge in [0.05, 0.1) is 19.3 Å². The molecule has 0 heterocycles. The number of methoxy groups -OCH3 is 1. The third-order valence-corrected chi connectivity index (χ3v) is 4.75. The Bertz CT molecular complexity index is 1130. The zero-order valence-corrected chi connectivity index (χ0v) is 16.5. The largest absolute Gasteiger partial charge is 0.497 e. The van der Waals surface area contributed by atoms with E-state index in [1.807, 2.05) is 0 Å². The highest BCUT2D eigenvalue weighted by atomic mass is 19.4. The average Bonchev–Trinajstić information content (AvgIpc) is 2.76. The number of alkyl halides is 3. The molecule has 0 aliphatic heterocycles. The number of hydrogen-bond donors (Lipinski definition) is 2. The van der Waals surface area contributed by atoms with Crippen LogP contribution in [0, 0.1) is 0 Å². The summed E-state index contributed by atoms with van der Waals surface area (Å²) in [6.45, 7) is -0.379. The number of carbonyl (C=O) groups is 1. The van der Waals surface area contributed by atoms with Crippen LogP contribution in [0.1, 0.15) is 16.7 Å². The van der Waals surface area contributed by atoms with Gasteiger partial charge in [-0.15, -0.1) is 0 Å². The minimum atomic E-state index is -4.47. The number of aliphatic hydroxyl groups excluding tert-OH is 1. The van der Waals surface area contributed by atoms with E-state index in [0.29, 0.717) is 39.1 Å². The number of rotatable bonds is 6. The highest BCUT2D eigenvalue weighted by Gasteiger charge is 2.30. The van der Waals surface area contributed by atoms with Crippen LogP contribution in [0.2, 0.25) is 0 Å². The molecule has 160 valence electrons. The van der Waals surface area contributed by atoms with E-state index in [1.54, 1.807) is 42.5 Å². The molecule has 31 heavy (non-hydrogen) atoms. The number of halogens is 3. The fourth-order valence-corrected chi connectivity index (χ4v) is 3.27. The Balaban J connectivity index is 2.10. The first-order valence-electron chi connectivity index (χ1n) is 9.23. The molecule has 3 rings (SSSR count). The van der Waals surface area contributed by atoms with Gasteiger partial charge in [0, 0.05) is 6.08 Å². The van der Waals surface area contributed by atoms with E-state index in [4.69, 9.17) is 9.84 Å². The van der Waals surface area contributed by atoms with Crippen molar-refractivity contribution in [2.45, 2.75) is 12.8 Å². The van der Waals surface area contributed by atoms with E-state index in [1.165, 1.54) is 19.3 Å². The maximum absolute atomic E-state index is 13.1. The topological polar surface area (TPSA) is 66.8 Å². The summed E-state index contributed by atoms with van der Waals surface area (Å²) < 4.78 is 44.4. The van der Waals surface area contributed by atoms with Crippen molar-refractivity contribution in [1.82, 2.24) is 0 Å². The normalized spacial score (nSPS) is 11.6. The number of benzene rings is 3. The summed E-state index contributed by atoms with van der Waals surface area (Å²) >= 11 is 0. The summed E-state index contributed by atoms with van der Waals surface area (Å²) in [5.41, 5.74) is 2.43. The number of aliphatic hydroxyl groups is 1. The molecule has 3 aromatic rings. The first-order chi connectivity index (χ1) is 14.7. The second kappa shape index (κ2) is 9.06. The van der Waals surface area contributed by atoms with Gasteiger partial charge in [0.2, 0.25) is 0 Å². The molecule has 0 saturated heterocycles. The van der Waals surface area contributed by atoms with E-state index in [-0.39, 0.29) is 6.61 Å². The molecule has 7 heteroatoms. The number of aliphatic carboxylic acids is 1. The van der Waals surface area contributed by atoms with Gasteiger partial charge in [-0.1, -0.05) is 30.3 Å². The first kappa shape index (κ1) is 22.1. The molecule has 0 amide bonds. The predicted octanol–water partition coefficient (Wildman–Crippen LogP) is 5.64. The lowest BCUT2D eigenvalue weighted by Gasteiger charge is -2.14. The molecular weight excluding hydrogens is 409 g/mol. The smallest absolute Gasteiger partial charge is 0.416 e.